The van der Waals surface area contributed by atoms with E-state index < -0.39 is 71.5 Å². The first kappa shape index (κ1) is 30.6. The highest BCUT2D eigenvalue weighted by Crippen LogP contribution is 2.68. The van der Waals surface area contributed by atoms with E-state index in [0.717, 1.165) is 5.57 Å². The third kappa shape index (κ3) is 5.54. The van der Waals surface area contributed by atoms with E-state index in [1.54, 1.807) is 19.3 Å². The zero-order chi connectivity index (χ0) is 29.3. The van der Waals surface area contributed by atoms with Crippen LogP contribution < -0.4 is 0 Å². The molecule has 3 aliphatic rings. The second-order valence-corrected chi connectivity index (χ2v) is 10.9. The molecular weight excluding hydrogens is 508 g/mol. The van der Waals surface area contributed by atoms with E-state index in [-0.39, 0.29) is 5.92 Å². The lowest BCUT2D eigenvalue weighted by atomic mass is 9.44. The van der Waals surface area contributed by atoms with Gasteiger partial charge in [0.2, 0.25) is 12.6 Å². The van der Waals surface area contributed by atoms with Crippen molar-refractivity contribution in [2.75, 3.05) is 7.11 Å². The summed E-state index contributed by atoms with van der Waals surface area (Å²) in [6.07, 6.45) is 1.52. The van der Waals surface area contributed by atoms with Crippen LogP contribution in [0, 0.1) is 22.7 Å². The minimum atomic E-state index is -1.36. The van der Waals surface area contributed by atoms with Crippen LogP contribution in [0.3, 0.4) is 0 Å². The van der Waals surface area contributed by atoms with Crippen molar-refractivity contribution in [3.8, 4) is 0 Å². The van der Waals surface area contributed by atoms with E-state index in [4.69, 9.17) is 28.4 Å². The van der Waals surface area contributed by atoms with Crippen LogP contribution in [0.1, 0.15) is 61.3 Å². The number of methoxy groups -OCH3 is 1. The average molecular weight is 549 g/mol. The molecule has 0 aromatic carbocycles. The standard InChI is InChI=1S/C29H40O10/c1-10-15(2)11-12-28(8)16(3)24(35-17(4)30)25(36-18(5)31)29-22(13-21(34-9)14-23(28)29)26(37-19(6)32)39-27(29)38-20(7)33/h10-11,13,16,21,23-27H,1,12,14H2,2-9H3/b15-11-/t16-,21+,23+,24-,25?,26+,27-,28-,29?/m1/s1. The van der Waals surface area contributed by atoms with Gasteiger partial charge in [-0.2, -0.15) is 0 Å². The SMILES string of the molecule is C=C/C(C)=C\C[C@]1(C)[C@H](C)[C@@H](OC(C)=O)C(OC(C)=O)C23C(=C[C@H](OC)C[C@H]21)[C@@H](OC(C)=O)O[C@H]3OC(C)=O. The molecule has 2 aliphatic carbocycles. The third-order valence-electron chi connectivity index (χ3n) is 8.53. The average Bonchev–Trinajstić information content (AvgIpc) is 3.14. The van der Waals surface area contributed by atoms with Crippen LogP contribution in [-0.4, -0.2) is 61.9 Å². The fourth-order valence-corrected chi connectivity index (χ4v) is 6.63. The number of hydrogen-bond donors (Lipinski definition) is 0. The molecule has 1 saturated carbocycles. The quantitative estimate of drug-likeness (QED) is 0.192. The molecule has 1 saturated heterocycles. The van der Waals surface area contributed by atoms with Gasteiger partial charge in [-0.25, -0.2) is 0 Å². The van der Waals surface area contributed by atoms with Gasteiger partial charge in [0, 0.05) is 46.3 Å². The van der Waals surface area contributed by atoms with Gasteiger partial charge < -0.3 is 23.7 Å². The van der Waals surface area contributed by atoms with Crippen molar-refractivity contribution in [3.05, 3.63) is 36.0 Å². The highest BCUT2D eigenvalue weighted by molar-refractivity contribution is 5.69. The first-order valence-corrected chi connectivity index (χ1v) is 13.1. The fourth-order valence-electron chi connectivity index (χ4n) is 6.63. The van der Waals surface area contributed by atoms with Crippen LogP contribution in [0.5, 0.6) is 0 Å². The molecule has 1 spiro atoms. The lowest BCUT2D eigenvalue weighted by Crippen LogP contribution is -2.69. The molecule has 39 heavy (non-hydrogen) atoms. The monoisotopic (exact) mass is 548 g/mol. The zero-order valence-electron chi connectivity index (χ0n) is 24.0. The van der Waals surface area contributed by atoms with E-state index in [9.17, 15) is 19.2 Å². The predicted molar refractivity (Wildman–Crippen MR) is 139 cm³/mol. The largest absolute Gasteiger partial charge is 0.458 e. The second kappa shape index (κ2) is 11.6. The summed E-state index contributed by atoms with van der Waals surface area (Å²) in [4.78, 5) is 49.5. The molecule has 10 heteroatoms. The highest BCUT2D eigenvalue weighted by Gasteiger charge is 2.75. The van der Waals surface area contributed by atoms with Gasteiger partial charge in [0.1, 0.15) is 11.5 Å². The van der Waals surface area contributed by atoms with E-state index in [1.807, 2.05) is 19.9 Å². The number of rotatable bonds is 8. The summed E-state index contributed by atoms with van der Waals surface area (Å²) in [5.41, 5.74) is -0.595. The number of allylic oxidation sites excluding steroid dienone is 3. The third-order valence-corrected chi connectivity index (χ3v) is 8.53. The summed E-state index contributed by atoms with van der Waals surface area (Å²) in [6, 6.07) is 0. The summed E-state index contributed by atoms with van der Waals surface area (Å²) in [5.74, 6) is -3.17. The molecule has 9 atom stereocenters. The summed E-state index contributed by atoms with van der Waals surface area (Å²) in [7, 11) is 1.57. The molecule has 0 bridgehead atoms. The zero-order valence-corrected chi connectivity index (χ0v) is 24.0. The Balaban J connectivity index is 2.41. The maximum atomic E-state index is 12.6. The van der Waals surface area contributed by atoms with E-state index in [1.165, 1.54) is 27.7 Å². The normalized spacial score (nSPS) is 37.5. The van der Waals surface area contributed by atoms with Crippen LogP contribution >= 0.6 is 0 Å². The highest BCUT2D eigenvalue weighted by atomic mass is 16.8. The Hall–Kier alpha value is -2.98. The minimum absolute atomic E-state index is 0.335. The van der Waals surface area contributed by atoms with Crippen LogP contribution in [0.15, 0.2) is 36.0 Å². The first-order chi connectivity index (χ1) is 18.2. The Morgan fingerprint density at radius 1 is 1.00 bits per heavy atom. The van der Waals surface area contributed by atoms with Gasteiger partial charge in [-0.15, -0.1) is 0 Å². The molecule has 0 amide bonds. The molecule has 216 valence electrons. The van der Waals surface area contributed by atoms with E-state index in [2.05, 4.69) is 13.5 Å². The maximum Gasteiger partial charge on any atom is 0.305 e. The van der Waals surface area contributed by atoms with Crippen LogP contribution in [-0.2, 0) is 47.6 Å². The van der Waals surface area contributed by atoms with Crippen LogP contribution in [0.2, 0.25) is 0 Å². The van der Waals surface area contributed by atoms with Gasteiger partial charge in [-0.1, -0.05) is 38.2 Å². The molecule has 1 heterocycles. The lowest BCUT2D eigenvalue weighted by Gasteiger charge is -2.62. The molecule has 0 N–H and O–H groups in total. The van der Waals surface area contributed by atoms with Gasteiger partial charge >= 0.3 is 23.9 Å². The van der Waals surface area contributed by atoms with Gasteiger partial charge in [-0.05, 0) is 37.2 Å². The molecule has 3 rings (SSSR count). The van der Waals surface area contributed by atoms with Gasteiger partial charge in [0.05, 0.1) is 6.10 Å². The lowest BCUT2D eigenvalue weighted by molar-refractivity contribution is -0.279. The van der Waals surface area contributed by atoms with Crippen molar-refractivity contribution in [2.24, 2.45) is 22.7 Å². The fraction of sp³-hybridized carbons (Fsp3) is 0.655. The van der Waals surface area contributed by atoms with Crippen molar-refractivity contribution in [1.29, 1.82) is 0 Å². The first-order valence-electron chi connectivity index (χ1n) is 13.1. The predicted octanol–water partition coefficient (Wildman–Crippen LogP) is 3.78. The molecule has 1 aliphatic heterocycles. The molecule has 2 fully saturated rings. The molecule has 2 unspecified atom stereocenters. The summed E-state index contributed by atoms with van der Waals surface area (Å²) < 4.78 is 35.2. The van der Waals surface area contributed by atoms with E-state index in [0.29, 0.717) is 18.4 Å². The number of carbonyl (C=O) groups is 4. The van der Waals surface area contributed by atoms with Gasteiger partial charge in [0.25, 0.3) is 0 Å². The van der Waals surface area contributed by atoms with Crippen molar-refractivity contribution in [2.45, 2.75) is 92.2 Å². The molecule has 0 aromatic heterocycles. The minimum Gasteiger partial charge on any atom is -0.458 e. The van der Waals surface area contributed by atoms with Crippen molar-refractivity contribution in [1.82, 2.24) is 0 Å². The number of esters is 4. The number of ether oxygens (including phenoxy) is 6. The van der Waals surface area contributed by atoms with Crippen molar-refractivity contribution < 1.29 is 47.6 Å². The maximum absolute atomic E-state index is 12.6. The Kier molecular flexibility index (Phi) is 9.12. The smallest absolute Gasteiger partial charge is 0.305 e. The van der Waals surface area contributed by atoms with Crippen molar-refractivity contribution >= 4 is 23.9 Å². The van der Waals surface area contributed by atoms with E-state index >= 15 is 0 Å². The summed E-state index contributed by atoms with van der Waals surface area (Å²) in [5, 5.41) is 0. The van der Waals surface area contributed by atoms with Gasteiger partial charge in [-0.3, -0.25) is 23.9 Å². The molecule has 0 radical (unpaired) electrons. The molecular formula is C29H40O10. The van der Waals surface area contributed by atoms with Crippen molar-refractivity contribution in [3.63, 3.8) is 0 Å². The summed E-state index contributed by atoms with van der Waals surface area (Å²) in [6.45, 7) is 14.8. The van der Waals surface area contributed by atoms with Crippen LogP contribution in [0.25, 0.3) is 0 Å². The van der Waals surface area contributed by atoms with Gasteiger partial charge in [0.15, 0.2) is 6.10 Å². The molecule has 10 nitrogen and oxygen atoms in total. The summed E-state index contributed by atoms with van der Waals surface area (Å²) >= 11 is 0. The molecule has 0 aromatic rings. The Morgan fingerprint density at radius 2 is 1.59 bits per heavy atom. The second-order valence-electron chi connectivity index (χ2n) is 10.9. The topological polar surface area (TPSA) is 124 Å². The number of carbonyl (C=O) groups excluding carboxylic acids is 4. The number of hydrogen-bond acceptors (Lipinski definition) is 10. The Morgan fingerprint density at radius 3 is 2.10 bits per heavy atom. The van der Waals surface area contributed by atoms with Crippen LogP contribution in [0.4, 0.5) is 0 Å². The Bertz CT molecular complexity index is 1080. The Labute approximate surface area is 229 Å².